The molecule has 0 spiro atoms. The highest BCUT2D eigenvalue weighted by molar-refractivity contribution is 7.89. The average molecular weight is 373 g/mol. The number of carbonyl (C=O) groups is 1. The third-order valence-electron chi connectivity index (χ3n) is 4.11. The molecule has 0 unspecified atom stereocenters. The van der Waals surface area contributed by atoms with Crippen LogP contribution in [-0.2, 0) is 10.0 Å². The topological polar surface area (TPSA) is 150 Å². The minimum absolute atomic E-state index is 0.0115. The van der Waals surface area contributed by atoms with Crippen molar-refractivity contribution in [3.05, 3.63) is 34.4 Å². The summed E-state index contributed by atoms with van der Waals surface area (Å²) in [6.45, 7) is 0.131. The normalized spacial score (nSPS) is 20.6. The number of likely N-dealkylation sites (tertiary alicyclic amines) is 1. The molecule has 1 heterocycles. The average Bonchev–Trinajstić information content (AvgIpc) is 2.95. The third-order valence-corrected chi connectivity index (χ3v) is 5.61. The van der Waals surface area contributed by atoms with Gasteiger partial charge in [-0.05, 0) is 30.9 Å². The van der Waals surface area contributed by atoms with E-state index in [0.29, 0.717) is 12.8 Å². The van der Waals surface area contributed by atoms with Crippen molar-refractivity contribution in [1.82, 2.24) is 9.62 Å². The van der Waals surface area contributed by atoms with Crippen LogP contribution in [0, 0.1) is 16.0 Å². The Balaban J connectivity index is 2.16. The summed E-state index contributed by atoms with van der Waals surface area (Å²) in [7, 11) is -3.95. The first-order valence-electron chi connectivity index (χ1n) is 7.60. The molecular formula is C14H19N3O7S. The number of sulfonamides is 1. The molecule has 0 saturated carbocycles. The number of benzene rings is 1. The van der Waals surface area contributed by atoms with Gasteiger partial charge in [-0.1, -0.05) is 0 Å². The van der Waals surface area contributed by atoms with Gasteiger partial charge in [0.2, 0.25) is 10.0 Å². The van der Waals surface area contributed by atoms with Gasteiger partial charge >= 0.3 is 6.09 Å². The van der Waals surface area contributed by atoms with Crippen LogP contribution in [0.25, 0.3) is 0 Å². The van der Waals surface area contributed by atoms with E-state index in [1.54, 1.807) is 0 Å². The van der Waals surface area contributed by atoms with Crippen molar-refractivity contribution in [2.24, 2.45) is 5.92 Å². The highest BCUT2D eigenvalue weighted by atomic mass is 32.2. The molecule has 0 bridgehead atoms. The lowest BCUT2D eigenvalue weighted by Gasteiger charge is -2.19. The molecule has 1 saturated heterocycles. The van der Waals surface area contributed by atoms with Crippen LogP contribution >= 0.6 is 0 Å². The Labute approximate surface area is 144 Å². The molecule has 1 aliphatic rings. The number of hydrogen-bond acceptors (Lipinski definition) is 6. The molecule has 138 valence electrons. The van der Waals surface area contributed by atoms with Crippen molar-refractivity contribution in [2.75, 3.05) is 19.7 Å². The lowest BCUT2D eigenvalue weighted by molar-refractivity contribution is -0.384. The van der Waals surface area contributed by atoms with Crippen LogP contribution in [0.3, 0.4) is 0 Å². The number of aliphatic hydroxyl groups excluding tert-OH is 1. The van der Waals surface area contributed by atoms with Crippen molar-refractivity contribution in [3.63, 3.8) is 0 Å². The Kier molecular flexibility index (Phi) is 5.93. The van der Waals surface area contributed by atoms with E-state index in [0.717, 1.165) is 29.2 Å². The van der Waals surface area contributed by atoms with E-state index in [-0.39, 0.29) is 36.2 Å². The number of non-ortho nitro benzene ring substituents is 1. The molecule has 11 heteroatoms. The largest absolute Gasteiger partial charge is 0.465 e. The zero-order valence-electron chi connectivity index (χ0n) is 13.2. The first-order valence-corrected chi connectivity index (χ1v) is 9.08. The fourth-order valence-electron chi connectivity index (χ4n) is 2.82. The standard InChI is InChI=1S/C14H19N3O7S/c18-7-1-2-10-8-16(14(19)20)9-13(10)15-25(23,24)12-5-3-11(4-6-12)17(21)22/h3-6,10,13,15,18H,1-2,7-9H2,(H,19,20)/t10-,13-/m1/s1. The van der Waals surface area contributed by atoms with Crippen molar-refractivity contribution in [3.8, 4) is 0 Å². The Morgan fingerprint density at radius 3 is 2.48 bits per heavy atom. The molecule has 1 aromatic rings. The molecule has 1 aromatic carbocycles. The molecule has 0 radical (unpaired) electrons. The molecule has 3 N–H and O–H groups in total. The van der Waals surface area contributed by atoms with E-state index in [1.807, 2.05) is 0 Å². The number of amides is 1. The summed E-state index contributed by atoms with van der Waals surface area (Å²) >= 11 is 0. The van der Waals surface area contributed by atoms with Crippen molar-refractivity contribution in [2.45, 2.75) is 23.8 Å². The van der Waals surface area contributed by atoms with Crippen LogP contribution < -0.4 is 4.72 Å². The lowest BCUT2D eigenvalue weighted by atomic mass is 9.99. The first-order chi connectivity index (χ1) is 11.7. The van der Waals surface area contributed by atoms with Crippen LogP contribution in [0.5, 0.6) is 0 Å². The summed E-state index contributed by atoms with van der Waals surface area (Å²) in [5.41, 5.74) is -0.224. The van der Waals surface area contributed by atoms with Gasteiger partial charge in [-0.3, -0.25) is 10.1 Å². The minimum Gasteiger partial charge on any atom is -0.465 e. The van der Waals surface area contributed by atoms with Gasteiger partial charge in [0.1, 0.15) is 0 Å². The molecule has 10 nitrogen and oxygen atoms in total. The van der Waals surface area contributed by atoms with Crippen LogP contribution in [0.1, 0.15) is 12.8 Å². The third kappa shape index (κ3) is 4.65. The van der Waals surface area contributed by atoms with Crippen LogP contribution in [0.2, 0.25) is 0 Å². The second kappa shape index (κ2) is 7.76. The zero-order valence-corrected chi connectivity index (χ0v) is 14.1. The second-order valence-corrected chi connectivity index (χ2v) is 7.51. The maximum Gasteiger partial charge on any atom is 0.407 e. The summed E-state index contributed by atoms with van der Waals surface area (Å²) in [5.74, 6) is -0.254. The van der Waals surface area contributed by atoms with Crippen LogP contribution in [0.15, 0.2) is 29.2 Å². The number of nitro benzene ring substituents is 1. The van der Waals surface area contributed by atoms with Gasteiger partial charge in [0.05, 0.1) is 9.82 Å². The van der Waals surface area contributed by atoms with Crippen molar-refractivity contribution in [1.29, 1.82) is 0 Å². The molecule has 1 aliphatic heterocycles. The molecule has 2 rings (SSSR count). The number of nitrogens with one attached hydrogen (secondary N) is 1. The van der Waals surface area contributed by atoms with Crippen LogP contribution in [0.4, 0.5) is 10.5 Å². The first kappa shape index (κ1) is 19.1. The maximum absolute atomic E-state index is 12.5. The Bertz CT molecular complexity index is 735. The predicted octanol–water partition coefficient (Wildman–Crippen LogP) is 0.624. The number of rotatable bonds is 7. The maximum atomic E-state index is 12.5. The van der Waals surface area contributed by atoms with E-state index in [2.05, 4.69) is 4.72 Å². The van der Waals surface area contributed by atoms with Crippen molar-refractivity contribution < 1.29 is 28.3 Å². The summed E-state index contributed by atoms with van der Waals surface area (Å²) in [6.07, 6.45) is -0.215. The monoisotopic (exact) mass is 373 g/mol. The summed E-state index contributed by atoms with van der Waals surface area (Å²) in [5, 5.41) is 28.7. The second-order valence-electron chi connectivity index (χ2n) is 5.79. The number of nitrogens with zero attached hydrogens (tertiary/aromatic N) is 2. The predicted molar refractivity (Wildman–Crippen MR) is 86.6 cm³/mol. The van der Waals surface area contributed by atoms with Crippen molar-refractivity contribution >= 4 is 21.8 Å². The van der Waals surface area contributed by atoms with Gasteiger partial charge in [-0.15, -0.1) is 0 Å². The Morgan fingerprint density at radius 1 is 1.32 bits per heavy atom. The van der Waals surface area contributed by atoms with E-state index in [1.165, 1.54) is 0 Å². The summed E-state index contributed by atoms with van der Waals surface area (Å²) < 4.78 is 27.4. The van der Waals surface area contributed by atoms with E-state index >= 15 is 0 Å². The number of carboxylic acid groups (broad SMARTS) is 1. The van der Waals surface area contributed by atoms with E-state index < -0.39 is 27.1 Å². The Hall–Kier alpha value is -2.24. The number of nitro groups is 1. The summed E-state index contributed by atoms with van der Waals surface area (Å²) in [6, 6.07) is 3.83. The fourth-order valence-corrected chi connectivity index (χ4v) is 4.12. The molecule has 2 atom stereocenters. The van der Waals surface area contributed by atoms with E-state index in [4.69, 9.17) is 10.2 Å². The number of hydrogen-bond donors (Lipinski definition) is 3. The molecule has 0 aromatic heterocycles. The molecule has 1 fully saturated rings. The lowest BCUT2D eigenvalue weighted by Crippen LogP contribution is -2.41. The Morgan fingerprint density at radius 2 is 1.96 bits per heavy atom. The molecule has 0 aliphatic carbocycles. The minimum atomic E-state index is -3.95. The highest BCUT2D eigenvalue weighted by Crippen LogP contribution is 2.24. The fraction of sp³-hybridized carbons (Fsp3) is 0.500. The highest BCUT2D eigenvalue weighted by Gasteiger charge is 2.37. The quantitative estimate of drug-likeness (QED) is 0.468. The molecule has 1 amide bonds. The van der Waals surface area contributed by atoms with Gasteiger partial charge < -0.3 is 15.1 Å². The summed E-state index contributed by atoms with van der Waals surface area (Å²) in [4.78, 5) is 22.2. The SMILES string of the molecule is O=C(O)N1C[C@@H](CCCO)[C@H](NS(=O)(=O)c2ccc([N+](=O)[O-])cc2)C1. The van der Waals surface area contributed by atoms with Gasteiger partial charge in [0.25, 0.3) is 5.69 Å². The zero-order chi connectivity index (χ0) is 18.6. The van der Waals surface area contributed by atoms with Gasteiger partial charge in [0, 0.05) is 37.9 Å². The smallest absolute Gasteiger partial charge is 0.407 e. The number of aliphatic hydroxyl groups is 1. The molecular weight excluding hydrogens is 354 g/mol. The van der Waals surface area contributed by atoms with Gasteiger partial charge in [-0.2, -0.15) is 0 Å². The molecule has 25 heavy (non-hydrogen) atoms. The van der Waals surface area contributed by atoms with Gasteiger partial charge in [0.15, 0.2) is 0 Å². The van der Waals surface area contributed by atoms with E-state index in [9.17, 15) is 23.3 Å². The van der Waals surface area contributed by atoms with Crippen LogP contribution in [-0.4, -0.2) is 60.3 Å². The van der Waals surface area contributed by atoms with Gasteiger partial charge in [-0.25, -0.2) is 17.9 Å².